The Kier molecular flexibility index (Phi) is 8.16. The normalized spacial score (nSPS) is 16.0. The van der Waals surface area contributed by atoms with Crippen LogP contribution in [0.1, 0.15) is 29.5 Å². The fourth-order valence-corrected chi connectivity index (χ4v) is 7.14. The lowest BCUT2D eigenvalue weighted by atomic mass is 10.0. The number of sulfonamides is 1. The number of amides is 2. The van der Waals surface area contributed by atoms with Crippen LogP contribution in [0.15, 0.2) is 108 Å². The number of hydrogen-bond acceptors (Lipinski definition) is 5. The number of carbonyl (C=O) groups is 2. The minimum atomic E-state index is -3.70. The Morgan fingerprint density at radius 1 is 0.814 bits per heavy atom. The highest BCUT2D eigenvalue weighted by Crippen LogP contribution is 2.34. The topological polar surface area (TPSA) is 96.0 Å². The third-order valence-electron chi connectivity index (χ3n) is 7.88. The number of fused-ring (bicyclic) bond motifs is 2. The zero-order valence-electron chi connectivity index (χ0n) is 23.7. The number of nitrogens with zero attached hydrogens (tertiary/aromatic N) is 2. The van der Waals surface area contributed by atoms with Crippen LogP contribution in [0.3, 0.4) is 0 Å². The molecule has 2 aliphatic rings. The average Bonchev–Trinajstić information content (AvgIpc) is 3.06. The molecule has 43 heavy (non-hydrogen) atoms. The predicted molar refractivity (Wildman–Crippen MR) is 166 cm³/mol. The van der Waals surface area contributed by atoms with Gasteiger partial charge in [0.25, 0.3) is 15.9 Å². The number of carbonyl (C=O) groups excluding carboxylic acids is 2. The van der Waals surface area contributed by atoms with Crippen molar-refractivity contribution in [2.45, 2.75) is 43.2 Å². The Labute approximate surface area is 252 Å². The lowest BCUT2D eigenvalue weighted by molar-refractivity contribution is -0.128. The van der Waals surface area contributed by atoms with Crippen LogP contribution in [0.25, 0.3) is 0 Å². The van der Waals surface area contributed by atoms with E-state index < -0.39 is 16.1 Å². The van der Waals surface area contributed by atoms with Gasteiger partial charge < -0.3 is 15.0 Å². The van der Waals surface area contributed by atoms with Crippen LogP contribution < -0.4 is 19.3 Å². The molecule has 4 aromatic rings. The van der Waals surface area contributed by atoms with E-state index in [1.165, 1.54) is 4.31 Å². The van der Waals surface area contributed by atoms with Gasteiger partial charge in [0.2, 0.25) is 5.91 Å². The van der Waals surface area contributed by atoms with Gasteiger partial charge in [-0.2, -0.15) is 0 Å². The summed E-state index contributed by atoms with van der Waals surface area (Å²) in [5, 5.41) is 2.91. The maximum atomic E-state index is 13.5. The highest BCUT2D eigenvalue weighted by molar-refractivity contribution is 7.92. The molecule has 1 unspecified atom stereocenters. The third kappa shape index (κ3) is 6.12. The summed E-state index contributed by atoms with van der Waals surface area (Å²) in [6.07, 6.45) is 1.42. The van der Waals surface area contributed by atoms with E-state index in [0.717, 1.165) is 35.2 Å². The van der Waals surface area contributed by atoms with Gasteiger partial charge in [-0.25, -0.2) is 8.42 Å². The molecule has 220 valence electrons. The van der Waals surface area contributed by atoms with Crippen LogP contribution in [0.2, 0.25) is 0 Å². The summed E-state index contributed by atoms with van der Waals surface area (Å²) in [5.74, 6) is 0.0540. The molecular formula is C34H33N3O5S. The first kappa shape index (κ1) is 28.5. The number of benzene rings is 4. The summed E-state index contributed by atoms with van der Waals surface area (Å²) < 4.78 is 34.4. The summed E-state index contributed by atoms with van der Waals surface area (Å²) in [7, 11) is -3.70. The van der Waals surface area contributed by atoms with Gasteiger partial charge in [0, 0.05) is 19.5 Å². The Balaban J connectivity index is 1.11. The van der Waals surface area contributed by atoms with Crippen molar-refractivity contribution in [2.24, 2.45) is 0 Å². The van der Waals surface area contributed by atoms with E-state index in [2.05, 4.69) is 5.32 Å². The molecule has 8 nitrogen and oxygen atoms in total. The molecule has 1 N–H and O–H groups in total. The molecule has 4 aromatic carbocycles. The van der Waals surface area contributed by atoms with Gasteiger partial charge in [-0.1, -0.05) is 72.8 Å². The molecule has 0 bridgehead atoms. The zero-order valence-corrected chi connectivity index (χ0v) is 24.5. The highest BCUT2D eigenvalue weighted by Gasteiger charge is 2.34. The van der Waals surface area contributed by atoms with Crippen molar-refractivity contribution in [1.82, 2.24) is 5.32 Å². The maximum absolute atomic E-state index is 13.5. The van der Waals surface area contributed by atoms with Crippen LogP contribution in [0.4, 0.5) is 11.4 Å². The van der Waals surface area contributed by atoms with Crippen molar-refractivity contribution in [3.8, 4) is 5.75 Å². The molecule has 9 heteroatoms. The van der Waals surface area contributed by atoms with Crippen molar-refractivity contribution >= 4 is 33.2 Å². The lowest BCUT2D eigenvalue weighted by Crippen LogP contribution is -2.50. The van der Waals surface area contributed by atoms with E-state index in [1.807, 2.05) is 72.8 Å². The van der Waals surface area contributed by atoms with Gasteiger partial charge >= 0.3 is 0 Å². The molecule has 2 amide bonds. The molecule has 0 spiro atoms. The molecule has 0 saturated heterocycles. The molecule has 2 heterocycles. The van der Waals surface area contributed by atoms with Gasteiger partial charge in [-0.05, 0) is 66.3 Å². The van der Waals surface area contributed by atoms with Gasteiger partial charge in [-0.15, -0.1) is 0 Å². The van der Waals surface area contributed by atoms with Gasteiger partial charge in [0.05, 0.1) is 22.8 Å². The molecule has 0 fully saturated rings. The molecule has 0 aliphatic carbocycles. The number of para-hydroxylation sites is 3. The molecule has 0 radical (unpaired) electrons. The fourth-order valence-electron chi connectivity index (χ4n) is 5.60. The second-order valence-corrected chi connectivity index (χ2v) is 12.6. The smallest absolute Gasteiger partial charge is 0.264 e. The summed E-state index contributed by atoms with van der Waals surface area (Å²) >= 11 is 0. The first-order valence-corrected chi connectivity index (χ1v) is 15.9. The SMILES string of the molecule is O=C(NCc1ccccc1)C1CN(C(=O)CCc2ccc(S(=O)(=O)N3CCCc4ccccc43)cc2)c2ccccc2O1. The average molecular weight is 596 g/mol. The van der Waals surface area contributed by atoms with Crippen LogP contribution in [0, 0.1) is 0 Å². The second kappa shape index (κ2) is 12.3. The van der Waals surface area contributed by atoms with Crippen LogP contribution in [-0.2, 0) is 39.0 Å². The maximum Gasteiger partial charge on any atom is 0.264 e. The van der Waals surface area contributed by atoms with Gasteiger partial charge in [-0.3, -0.25) is 13.9 Å². The number of ether oxygens (including phenoxy) is 1. The number of rotatable bonds is 8. The minimum absolute atomic E-state index is 0.102. The quantitative estimate of drug-likeness (QED) is 0.314. The predicted octanol–water partition coefficient (Wildman–Crippen LogP) is 4.87. The van der Waals surface area contributed by atoms with Crippen molar-refractivity contribution in [1.29, 1.82) is 0 Å². The first-order valence-electron chi connectivity index (χ1n) is 14.5. The van der Waals surface area contributed by atoms with E-state index in [1.54, 1.807) is 35.2 Å². The molecule has 0 saturated carbocycles. The molecule has 6 rings (SSSR count). The number of anilines is 2. The van der Waals surface area contributed by atoms with E-state index in [0.29, 0.717) is 30.9 Å². The Morgan fingerprint density at radius 3 is 2.30 bits per heavy atom. The van der Waals surface area contributed by atoms with Crippen molar-refractivity contribution < 1.29 is 22.7 Å². The molecule has 2 aliphatic heterocycles. The summed E-state index contributed by atoms with van der Waals surface area (Å²) in [6, 6.07) is 31.2. The Bertz CT molecular complexity index is 1720. The monoisotopic (exact) mass is 595 g/mol. The van der Waals surface area contributed by atoms with E-state index in [-0.39, 0.29) is 29.7 Å². The summed E-state index contributed by atoms with van der Waals surface area (Å²) in [4.78, 5) is 28.3. The molecule has 0 aromatic heterocycles. The number of hydrogen-bond donors (Lipinski definition) is 1. The Morgan fingerprint density at radius 2 is 1.51 bits per heavy atom. The number of aryl methyl sites for hydroxylation is 2. The van der Waals surface area contributed by atoms with E-state index in [9.17, 15) is 18.0 Å². The van der Waals surface area contributed by atoms with Crippen LogP contribution in [0.5, 0.6) is 5.75 Å². The van der Waals surface area contributed by atoms with E-state index >= 15 is 0 Å². The van der Waals surface area contributed by atoms with Gasteiger partial charge in [0.15, 0.2) is 6.10 Å². The molecule has 1 atom stereocenters. The van der Waals surface area contributed by atoms with Crippen molar-refractivity contribution in [3.63, 3.8) is 0 Å². The highest BCUT2D eigenvalue weighted by atomic mass is 32.2. The molecular weight excluding hydrogens is 562 g/mol. The summed E-state index contributed by atoms with van der Waals surface area (Å²) in [5.41, 5.74) is 4.22. The largest absolute Gasteiger partial charge is 0.477 e. The standard InChI is InChI=1S/C34H33N3O5S/c38-33(36-24-32(42-31-15-7-6-14-30(31)36)34(39)35-23-26-9-2-1-3-10-26)21-18-25-16-19-28(20-17-25)43(40,41)37-22-8-12-27-11-4-5-13-29(27)37/h1-7,9-11,13-17,19-20,32H,8,12,18,21-24H2,(H,35,39). The fraction of sp³-hybridized carbons (Fsp3) is 0.235. The van der Waals surface area contributed by atoms with E-state index in [4.69, 9.17) is 4.74 Å². The summed E-state index contributed by atoms with van der Waals surface area (Å²) in [6.45, 7) is 0.915. The minimum Gasteiger partial charge on any atom is -0.477 e. The van der Waals surface area contributed by atoms with Crippen molar-refractivity contribution in [2.75, 3.05) is 22.3 Å². The van der Waals surface area contributed by atoms with Crippen LogP contribution in [-0.4, -0.2) is 39.4 Å². The number of nitrogens with one attached hydrogen (secondary N) is 1. The lowest BCUT2D eigenvalue weighted by Gasteiger charge is -2.34. The van der Waals surface area contributed by atoms with Crippen LogP contribution >= 0.6 is 0 Å². The van der Waals surface area contributed by atoms with Gasteiger partial charge in [0.1, 0.15) is 5.75 Å². The second-order valence-electron chi connectivity index (χ2n) is 10.7. The van der Waals surface area contributed by atoms with Crippen molar-refractivity contribution in [3.05, 3.63) is 120 Å². The first-order chi connectivity index (χ1) is 20.9. The Hall–Kier alpha value is -4.63. The third-order valence-corrected chi connectivity index (χ3v) is 9.71. The zero-order chi connectivity index (χ0) is 29.8.